The first-order chi connectivity index (χ1) is 13.3. The molecule has 0 radical (unpaired) electrons. The minimum atomic E-state index is 0.622. The fourth-order valence-electron chi connectivity index (χ4n) is 3.13. The van der Waals surface area contributed by atoms with E-state index in [0.29, 0.717) is 19.8 Å². The normalized spacial score (nSPS) is 10.5. The maximum absolute atomic E-state index is 5.94. The monoisotopic (exact) mass is 362 g/mol. The summed E-state index contributed by atoms with van der Waals surface area (Å²) in [5, 5.41) is 0. The highest BCUT2D eigenvalue weighted by atomic mass is 16.5. The highest BCUT2D eigenvalue weighted by Crippen LogP contribution is 2.40. The van der Waals surface area contributed by atoms with Crippen LogP contribution in [-0.4, -0.2) is 19.8 Å². The highest BCUT2D eigenvalue weighted by Gasteiger charge is 2.14. The van der Waals surface area contributed by atoms with Crippen LogP contribution in [0.4, 0.5) is 0 Å². The molecule has 0 aliphatic rings. The van der Waals surface area contributed by atoms with E-state index in [2.05, 4.69) is 30.3 Å². The van der Waals surface area contributed by atoms with Crippen molar-refractivity contribution in [1.82, 2.24) is 0 Å². The minimum absolute atomic E-state index is 0.622. The van der Waals surface area contributed by atoms with Gasteiger partial charge in [-0.15, -0.1) is 0 Å². The largest absolute Gasteiger partial charge is 0.494 e. The lowest BCUT2D eigenvalue weighted by molar-refractivity contribution is 0.339. The Balaban J connectivity index is 2.07. The van der Waals surface area contributed by atoms with Gasteiger partial charge in [0.05, 0.1) is 19.8 Å². The van der Waals surface area contributed by atoms with Gasteiger partial charge in [0.1, 0.15) is 17.2 Å². The number of hydrogen-bond donors (Lipinski definition) is 0. The van der Waals surface area contributed by atoms with Gasteiger partial charge in [-0.05, 0) is 67.8 Å². The Kier molecular flexibility index (Phi) is 6.37. The van der Waals surface area contributed by atoms with Crippen LogP contribution in [-0.2, 0) is 0 Å². The van der Waals surface area contributed by atoms with E-state index in [0.717, 1.165) is 39.5 Å². The average Bonchev–Trinajstić information content (AvgIpc) is 2.70. The molecule has 0 fully saturated rings. The van der Waals surface area contributed by atoms with E-state index < -0.39 is 0 Å². The molecule has 3 heteroatoms. The zero-order valence-electron chi connectivity index (χ0n) is 16.2. The molecule has 0 aromatic heterocycles. The third-order valence-electron chi connectivity index (χ3n) is 4.26. The van der Waals surface area contributed by atoms with E-state index in [1.54, 1.807) is 0 Å². The SMILES string of the molecule is CCOc1ccc(-c2cccc(OCC)c2-c2ccc(OCC)cc2)cc1. The van der Waals surface area contributed by atoms with Crippen molar-refractivity contribution in [3.63, 3.8) is 0 Å². The van der Waals surface area contributed by atoms with E-state index in [1.807, 2.05) is 57.2 Å². The molecule has 0 unspecified atom stereocenters. The molecule has 0 saturated carbocycles. The maximum Gasteiger partial charge on any atom is 0.127 e. The fourth-order valence-corrected chi connectivity index (χ4v) is 3.13. The molecular weight excluding hydrogens is 336 g/mol. The Morgan fingerprint density at radius 1 is 0.556 bits per heavy atom. The van der Waals surface area contributed by atoms with Crippen LogP contribution < -0.4 is 14.2 Å². The Labute approximate surface area is 161 Å². The lowest BCUT2D eigenvalue weighted by Crippen LogP contribution is -1.97. The van der Waals surface area contributed by atoms with Crippen molar-refractivity contribution in [2.75, 3.05) is 19.8 Å². The van der Waals surface area contributed by atoms with Crippen LogP contribution in [0.2, 0.25) is 0 Å². The first-order valence-electron chi connectivity index (χ1n) is 9.49. The highest BCUT2D eigenvalue weighted by molar-refractivity contribution is 5.87. The molecular formula is C24H26O3. The van der Waals surface area contributed by atoms with Crippen molar-refractivity contribution in [2.24, 2.45) is 0 Å². The number of rotatable bonds is 8. The van der Waals surface area contributed by atoms with Gasteiger partial charge in [-0.1, -0.05) is 36.4 Å². The molecule has 0 aliphatic heterocycles. The van der Waals surface area contributed by atoms with Gasteiger partial charge in [0, 0.05) is 5.56 Å². The summed E-state index contributed by atoms with van der Waals surface area (Å²) in [6.45, 7) is 7.93. The summed E-state index contributed by atoms with van der Waals surface area (Å²) in [5.41, 5.74) is 4.45. The molecule has 0 spiro atoms. The van der Waals surface area contributed by atoms with E-state index in [1.165, 1.54) is 0 Å². The van der Waals surface area contributed by atoms with Gasteiger partial charge in [0.15, 0.2) is 0 Å². The van der Waals surface area contributed by atoms with Gasteiger partial charge < -0.3 is 14.2 Å². The summed E-state index contributed by atoms with van der Waals surface area (Å²) in [6, 6.07) is 22.6. The Morgan fingerprint density at radius 2 is 1.07 bits per heavy atom. The van der Waals surface area contributed by atoms with Gasteiger partial charge in [-0.3, -0.25) is 0 Å². The van der Waals surface area contributed by atoms with Gasteiger partial charge in [0.2, 0.25) is 0 Å². The summed E-state index contributed by atoms with van der Waals surface area (Å²) in [4.78, 5) is 0. The summed E-state index contributed by atoms with van der Waals surface area (Å²) in [6.07, 6.45) is 0. The third-order valence-corrected chi connectivity index (χ3v) is 4.26. The summed E-state index contributed by atoms with van der Waals surface area (Å²) < 4.78 is 17.1. The second-order valence-electron chi connectivity index (χ2n) is 6.03. The van der Waals surface area contributed by atoms with Crippen molar-refractivity contribution < 1.29 is 14.2 Å². The second-order valence-corrected chi connectivity index (χ2v) is 6.03. The predicted octanol–water partition coefficient (Wildman–Crippen LogP) is 6.22. The van der Waals surface area contributed by atoms with Crippen molar-refractivity contribution in [1.29, 1.82) is 0 Å². The van der Waals surface area contributed by atoms with Crippen molar-refractivity contribution in [3.8, 4) is 39.5 Å². The quantitative estimate of drug-likeness (QED) is 0.476. The standard InChI is InChI=1S/C24H26O3/c1-4-25-20-14-10-18(11-15-20)22-8-7-9-23(27-6-3)24(22)19-12-16-21(17-13-19)26-5-2/h7-17H,4-6H2,1-3H3. The van der Waals surface area contributed by atoms with Crippen molar-refractivity contribution in [3.05, 3.63) is 66.7 Å². The lowest BCUT2D eigenvalue weighted by Gasteiger charge is -2.16. The van der Waals surface area contributed by atoms with Crippen molar-refractivity contribution in [2.45, 2.75) is 20.8 Å². The average molecular weight is 362 g/mol. The maximum atomic E-state index is 5.94. The Bertz CT molecular complexity index is 852. The molecule has 0 N–H and O–H groups in total. The summed E-state index contributed by atoms with van der Waals surface area (Å²) in [7, 11) is 0. The lowest BCUT2D eigenvalue weighted by atomic mass is 9.93. The van der Waals surface area contributed by atoms with E-state index in [4.69, 9.17) is 14.2 Å². The summed E-state index contributed by atoms with van der Waals surface area (Å²) >= 11 is 0. The van der Waals surface area contributed by atoms with Crippen LogP contribution in [0, 0.1) is 0 Å². The zero-order chi connectivity index (χ0) is 19.1. The zero-order valence-corrected chi connectivity index (χ0v) is 16.2. The van der Waals surface area contributed by atoms with Gasteiger partial charge in [0.25, 0.3) is 0 Å². The van der Waals surface area contributed by atoms with Crippen LogP contribution in [0.5, 0.6) is 17.2 Å². The van der Waals surface area contributed by atoms with Gasteiger partial charge in [-0.2, -0.15) is 0 Å². The van der Waals surface area contributed by atoms with E-state index in [-0.39, 0.29) is 0 Å². The molecule has 140 valence electrons. The first-order valence-corrected chi connectivity index (χ1v) is 9.49. The molecule has 0 heterocycles. The summed E-state index contributed by atoms with van der Waals surface area (Å²) in [5.74, 6) is 2.63. The van der Waals surface area contributed by atoms with Gasteiger partial charge in [-0.25, -0.2) is 0 Å². The molecule has 0 amide bonds. The number of ether oxygens (including phenoxy) is 3. The number of benzene rings is 3. The fraction of sp³-hybridized carbons (Fsp3) is 0.250. The van der Waals surface area contributed by atoms with Crippen LogP contribution in [0.1, 0.15) is 20.8 Å². The molecule has 27 heavy (non-hydrogen) atoms. The Hall–Kier alpha value is -2.94. The topological polar surface area (TPSA) is 27.7 Å². The molecule has 0 aliphatic carbocycles. The second kappa shape index (κ2) is 9.13. The van der Waals surface area contributed by atoms with Gasteiger partial charge >= 0.3 is 0 Å². The van der Waals surface area contributed by atoms with Crippen LogP contribution in [0.25, 0.3) is 22.3 Å². The van der Waals surface area contributed by atoms with E-state index >= 15 is 0 Å². The molecule has 0 atom stereocenters. The molecule has 3 rings (SSSR count). The minimum Gasteiger partial charge on any atom is -0.494 e. The molecule has 3 aromatic rings. The molecule has 3 aromatic carbocycles. The Morgan fingerprint density at radius 3 is 1.59 bits per heavy atom. The molecule has 3 nitrogen and oxygen atoms in total. The smallest absolute Gasteiger partial charge is 0.127 e. The van der Waals surface area contributed by atoms with Crippen LogP contribution >= 0.6 is 0 Å². The third kappa shape index (κ3) is 4.43. The van der Waals surface area contributed by atoms with Crippen molar-refractivity contribution >= 4 is 0 Å². The molecule has 0 bridgehead atoms. The molecule has 0 saturated heterocycles. The first kappa shape index (κ1) is 18.8. The van der Waals surface area contributed by atoms with E-state index in [9.17, 15) is 0 Å². The van der Waals surface area contributed by atoms with Crippen LogP contribution in [0.3, 0.4) is 0 Å². The number of hydrogen-bond acceptors (Lipinski definition) is 3. The van der Waals surface area contributed by atoms with Crippen LogP contribution in [0.15, 0.2) is 66.7 Å². The predicted molar refractivity (Wildman–Crippen MR) is 111 cm³/mol.